The van der Waals surface area contributed by atoms with E-state index in [2.05, 4.69) is 15.8 Å². The molecule has 3 aromatic carbocycles. The van der Waals surface area contributed by atoms with E-state index in [9.17, 15) is 19.2 Å². The van der Waals surface area contributed by atoms with Crippen LogP contribution in [0.1, 0.15) is 36.8 Å². The molecule has 13 heteroatoms. The summed E-state index contributed by atoms with van der Waals surface area (Å²) >= 11 is 0. The fraction of sp³-hybridized carbons (Fsp3) is 0.286. The SMILES string of the molecule is O=C1COc2cc(cc(C(=O)N3CCOCC3)c2)C(=O)N[C@H]2CN(C(=O)c3cc(-c4ccccc4)on3)C[C@@H]2Oc2ccc(cc2)CN1. The molecule has 8 rings (SSSR count). The lowest BCUT2D eigenvalue weighted by molar-refractivity contribution is -0.123. The van der Waals surface area contributed by atoms with Gasteiger partial charge in [-0.15, -0.1) is 0 Å². The van der Waals surface area contributed by atoms with Crippen molar-refractivity contribution < 1.29 is 37.9 Å². The normalized spacial score (nSPS) is 19.8. The second kappa shape index (κ2) is 13.6. The molecule has 2 atom stereocenters. The topological polar surface area (TPSA) is 153 Å². The molecule has 48 heavy (non-hydrogen) atoms. The fourth-order valence-electron chi connectivity index (χ4n) is 5.87. The molecule has 0 aliphatic carbocycles. The van der Waals surface area contributed by atoms with Crippen molar-refractivity contribution in [1.82, 2.24) is 25.6 Å². The summed E-state index contributed by atoms with van der Waals surface area (Å²) in [5.41, 5.74) is 2.17. The van der Waals surface area contributed by atoms with Gasteiger partial charge in [0.1, 0.15) is 17.6 Å². The standard InChI is InChI=1S/C35H33N5O8/c41-32-21-46-27-15-24(14-25(16-27)34(43)39-10-12-45-13-11-39)33(42)37-29-19-40(20-31(29)47-26-8-6-22(7-9-26)18-36-32)35(44)28-17-30(48-38-28)23-4-2-1-3-5-23/h1-9,14-17,29,31H,10-13,18-21H2,(H,36,41)(H,37,42)/t29-,31-/m0/s1. The van der Waals surface area contributed by atoms with E-state index < -0.39 is 18.1 Å². The Balaban J connectivity index is 1.17. The first-order valence-electron chi connectivity index (χ1n) is 15.7. The zero-order valence-electron chi connectivity index (χ0n) is 25.9. The summed E-state index contributed by atoms with van der Waals surface area (Å²) in [5.74, 6) is -0.323. The minimum absolute atomic E-state index is 0.134. The number of amides is 4. The number of ether oxygens (including phenoxy) is 3. The zero-order valence-corrected chi connectivity index (χ0v) is 25.9. The van der Waals surface area contributed by atoms with Crippen LogP contribution in [0.4, 0.5) is 0 Å². The molecule has 0 radical (unpaired) electrons. The van der Waals surface area contributed by atoms with Gasteiger partial charge in [-0.1, -0.05) is 47.6 Å². The third-order valence-corrected chi connectivity index (χ3v) is 8.44. The van der Waals surface area contributed by atoms with Crippen molar-refractivity contribution in [2.45, 2.75) is 18.7 Å². The van der Waals surface area contributed by atoms with Gasteiger partial charge in [-0.2, -0.15) is 0 Å². The van der Waals surface area contributed by atoms with Crippen molar-refractivity contribution in [2.24, 2.45) is 0 Å². The van der Waals surface area contributed by atoms with Crippen LogP contribution in [0.15, 0.2) is 83.4 Å². The van der Waals surface area contributed by atoms with Crippen LogP contribution in [-0.2, 0) is 16.1 Å². The number of benzene rings is 3. The number of hydrogen-bond acceptors (Lipinski definition) is 9. The number of nitrogens with one attached hydrogen (secondary N) is 2. The first kappa shape index (κ1) is 30.9. The summed E-state index contributed by atoms with van der Waals surface area (Å²) in [5, 5.41) is 9.84. The van der Waals surface area contributed by atoms with E-state index in [1.807, 2.05) is 42.5 Å². The van der Waals surface area contributed by atoms with Gasteiger partial charge in [0.05, 0.1) is 25.8 Å². The van der Waals surface area contributed by atoms with E-state index in [0.29, 0.717) is 37.8 Å². The molecule has 0 spiro atoms. The first-order chi connectivity index (χ1) is 23.4. The summed E-state index contributed by atoms with van der Waals surface area (Å²) in [6.07, 6.45) is -0.617. The largest absolute Gasteiger partial charge is 0.486 e. The van der Waals surface area contributed by atoms with Crippen molar-refractivity contribution in [1.29, 1.82) is 0 Å². The van der Waals surface area contributed by atoms with Crippen LogP contribution in [-0.4, -0.2) is 96.7 Å². The molecule has 5 heterocycles. The molecule has 0 saturated carbocycles. The van der Waals surface area contributed by atoms with Gasteiger partial charge in [0.25, 0.3) is 23.6 Å². The third-order valence-electron chi connectivity index (χ3n) is 8.44. The second-order valence-corrected chi connectivity index (χ2v) is 11.7. The summed E-state index contributed by atoms with van der Waals surface area (Å²) < 4.78 is 23.0. The van der Waals surface area contributed by atoms with E-state index in [-0.39, 0.29) is 66.5 Å². The molecule has 13 nitrogen and oxygen atoms in total. The van der Waals surface area contributed by atoms with Gasteiger partial charge in [-0.3, -0.25) is 19.2 Å². The Morgan fingerprint density at radius 3 is 2.40 bits per heavy atom. The number of hydrogen-bond donors (Lipinski definition) is 2. The van der Waals surface area contributed by atoms with Gasteiger partial charge in [-0.05, 0) is 35.9 Å². The van der Waals surface area contributed by atoms with Crippen LogP contribution in [0.5, 0.6) is 11.5 Å². The number of fused-ring (bicyclic) bond motifs is 7. The van der Waals surface area contributed by atoms with E-state index >= 15 is 0 Å². The van der Waals surface area contributed by atoms with Crippen LogP contribution >= 0.6 is 0 Å². The molecular weight excluding hydrogens is 618 g/mol. The molecule has 2 N–H and O–H groups in total. The summed E-state index contributed by atoms with van der Waals surface area (Å²) in [4.78, 5) is 56.7. The number of morpholine rings is 1. The predicted molar refractivity (Wildman–Crippen MR) is 170 cm³/mol. The van der Waals surface area contributed by atoms with Gasteiger partial charge in [0.15, 0.2) is 18.1 Å². The highest BCUT2D eigenvalue weighted by atomic mass is 16.5. The van der Waals surface area contributed by atoms with E-state index in [4.69, 9.17) is 18.7 Å². The maximum Gasteiger partial charge on any atom is 0.276 e. The van der Waals surface area contributed by atoms with E-state index in [0.717, 1.165) is 11.1 Å². The summed E-state index contributed by atoms with van der Waals surface area (Å²) in [7, 11) is 0. The van der Waals surface area contributed by atoms with Crippen molar-refractivity contribution >= 4 is 23.6 Å². The Bertz CT molecular complexity index is 1820. The highest BCUT2D eigenvalue weighted by Gasteiger charge is 2.39. The van der Waals surface area contributed by atoms with Crippen LogP contribution in [0.25, 0.3) is 11.3 Å². The molecule has 0 unspecified atom stereocenters. The van der Waals surface area contributed by atoms with Gasteiger partial charge in [-0.25, -0.2) is 0 Å². The van der Waals surface area contributed by atoms with E-state index in [1.165, 1.54) is 18.2 Å². The lowest BCUT2D eigenvalue weighted by atomic mass is 10.1. The summed E-state index contributed by atoms with van der Waals surface area (Å²) in [6, 6.07) is 22.0. The smallest absolute Gasteiger partial charge is 0.276 e. The predicted octanol–water partition coefficient (Wildman–Crippen LogP) is 2.52. The number of carbonyl (C=O) groups is 4. The molecule has 4 bridgehead atoms. The molecular formula is C35H33N5O8. The van der Waals surface area contributed by atoms with Crippen LogP contribution in [0.2, 0.25) is 0 Å². The number of nitrogens with zero attached hydrogens (tertiary/aromatic N) is 3. The fourth-order valence-corrected chi connectivity index (χ4v) is 5.87. The maximum absolute atomic E-state index is 13.8. The Morgan fingerprint density at radius 1 is 0.812 bits per heavy atom. The number of likely N-dealkylation sites (tertiary alicyclic amines) is 1. The van der Waals surface area contributed by atoms with Crippen molar-refractivity contribution in [3.63, 3.8) is 0 Å². The van der Waals surface area contributed by atoms with Crippen molar-refractivity contribution in [3.8, 4) is 22.8 Å². The monoisotopic (exact) mass is 651 g/mol. The lowest BCUT2D eigenvalue weighted by Crippen LogP contribution is -2.45. The highest BCUT2D eigenvalue weighted by Crippen LogP contribution is 2.25. The molecule has 2 saturated heterocycles. The van der Waals surface area contributed by atoms with Gasteiger partial charge in [0, 0.05) is 48.9 Å². The Hall–Kier alpha value is -5.69. The van der Waals surface area contributed by atoms with Crippen LogP contribution in [0.3, 0.4) is 0 Å². The minimum atomic E-state index is -0.622. The number of carbonyl (C=O) groups excluding carboxylic acids is 4. The number of aromatic nitrogens is 1. The van der Waals surface area contributed by atoms with Crippen LogP contribution < -0.4 is 20.1 Å². The number of rotatable bonds is 3. The maximum atomic E-state index is 13.8. The molecule has 4 aromatic rings. The highest BCUT2D eigenvalue weighted by molar-refractivity contribution is 6.01. The molecule has 4 amide bonds. The van der Waals surface area contributed by atoms with Crippen LogP contribution in [0, 0.1) is 0 Å². The average molecular weight is 652 g/mol. The first-order valence-corrected chi connectivity index (χ1v) is 15.7. The third kappa shape index (κ3) is 6.86. The molecule has 2 fully saturated rings. The van der Waals surface area contributed by atoms with E-state index in [1.54, 1.807) is 28.0 Å². The lowest BCUT2D eigenvalue weighted by Gasteiger charge is -2.27. The van der Waals surface area contributed by atoms with Crippen molar-refractivity contribution in [3.05, 3.63) is 101 Å². The van der Waals surface area contributed by atoms with Gasteiger partial charge >= 0.3 is 0 Å². The molecule has 4 aliphatic heterocycles. The molecule has 246 valence electrons. The van der Waals surface area contributed by atoms with Crippen molar-refractivity contribution in [2.75, 3.05) is 46.0 Å². The average Bonchev–Trinajstić information content (AvgIpc) is 3.78. The Morgan fingerprint density at radius 2 is 1.60 bits per heavy atom. The second-order valence-electron chi connectivity index (χ2n) is 11.7. The zero-order chi connectivity index (χ0) is 33.0. The van der Waals surface area contributed by atoms with Gasteiger partial charge < -0.3 is 39.2 Å². The Kier molecular flexibility index (Phi) is 8.75. The Labute approximate surface area is 275 Å². The summed E-state index contributed by atoms with van der Waals surface area (Å²) in [6.45, 7) is 1.91. The minimum Gasteiger partial charge on any atom is -0.486 e. The van der Waals surface area contributed by atoms with Gasteiger partial charge in [0.2, 0.25) is 0 Å². The molecule has 1 aromatic heterocycles. The quantitative estimate of drug-likeness (QED) is 0.340. The molecule has 4 aliphatic rings.